The van der Waals surface area contributed by atoms with Gasteiger partial charge in [-0.25, -0.2) is 18.6 Å². The summed E-state index contributed by atoms with van der Waals surface area (Å²) in [5.41, 5.74) is 0.830. The Morgan fingerprint density at radius 2 is 2.14 bits per heavy atom. The second-order valence-corrected chi connectivity index (χ2v) is 7.21. The smallest absolute Gasteiger partial charge is 0.404 e. The molecule has 156 valence electrons. The molecule has 0 unspecified atom stereocenters. The van der Waals surface area contributed by atoms with Crippen LogP contribution >= 0.6 is 15.9 Å². The molecule has 9 nitrogen and oxygen atoms in total. The molecule has 0 aromatic carbocycles. The van der Waals surface area contributed by atoms with E-state index in [9.17, 15) is 18.4 Å². The number of aromatic nitrogens is 3. The highest BCUT2D eigenvalue weighted by Gasteiger charge is 2.32. The van der Waals surface area contributed by atoms with Crippen LogP contribution in [-0.2, 0) is 11.8 Å². The zero-order valence-corrected chi connectivity index (χ0v) is 16.8. The van der Waals surface area contributed by atoms with Gasteiger partial charge < -0.3 is 20.5 Å². The van der Waals surface area contributed by atoms with Gasteiger partial charge in [-0.05, 0) is 40.9 Å². The molecule has 1 aliphatic heterocycles. The van der Waals surface area contributed by atoms with Gasteiger partial charge in [0.2, 0.25) is 0 Å². The highest BCUT2D eigenvalue weighted by Crippen LogP contribution is 2.33. The summed E-state index contributed by atoms with van der Waals surface area (Å²) in [6.45, 7) is -0.305. The van der Waals surface area contributed by atoms with Gasteiger partial charge in [0.15, 0.2) is 5.82 Å². The predicted molar refractivity (Wildman–Crippen MR) is 101 cm³/mol. The molecular formula is C17H18BrF2N5O4. The first-order chi connectivity index (χ1) is 13.8. The van der Waals surface area contributed by atoms with E-state index in [0.29, 0.717) is 17.8 Å². The molecule has 3 atom stereocenters. The van der Waals surface area contributed by atoms with E-state index in [4.69, 9.17) is 9.84 Å². The molecular weight excluding hydrogens is 456 g/mol. The average molecular weight is 474 g/mol. The SMILES string of the molecule is Cn1ncc(NC(=O)c2ccc(F)c(Br)n2)c1[C@@H]1CC[C@@H](NC(=O)O)[C@H](F)CO1. The lowest BCUT2D eigenvalue weighted by Crippen LogP contribution is -2.41. The van der Waals surface area contributed by atoms with E-state index in [2.05, 4.69) is 36.6 Å². The van der Waals surface area contributed by atoms with Gasteiger partial charge in [0.05, 0.1) is 30.2 Å². The molecule has 2 amide bonds. The summed E-state index contributed by atoms with van der Waals surface area (Å²) in [5, 5.41) is 17.8. The molecule has 29 heavy (non-hydrogen) atoms. The van der Waals surface area contributed by atoms with Gasteiger partial charge in [-0.1, -0.05) is 0 Å². The normalized spacial score (nSPS) is 22.0. The summed E-state index contributed by atoms with van der Waals surface area (Å²) in [7, 11) is 1.64. The van der Waals surface area contributed by atoms with Crippen LogP contribution in [0.15, 0.2) is 22.9 Å². The Bertz CT molecular complexity index is 925. The van der Waals surface area contributed by atoms with Gasteiger partial charge in [-0.3, -0.25) is 9.48 Å². The maximum absolute atomic E-state index is 14.2. The molecule has 1 saturated heterocycles. The van der Waals surface area contributed by atoms with Crippen LogP contribution in [0.4, 0.5) is 19.3 Å². The van der Waals surface area contributed by atoms with Crippen molar-refractivity contribution < 1.29 is 28.2 Å². The van der Waals surface area contributed by atoms with Crippen molar-refractivity contribution in [1.82, 2.24) is 20.1 Å². The first-order valence-corrected chi connectivity index (χ1v) is 9.46. The molecule has 0 saturated carbocycles. The third-order valence-corrected chi connectivity index (χ3v) is 5.07. The number of aryl methyl sites for hydroxylation is 1. The minimum absolute atomic E-state index is 0.00981. The van der Waals surface area contributed by atoms with E-state index in [-0.39, 0.29) is 23.3 Å². The van der Waals surface area contributed by atoms with Crippen molar-refractivity contribution in [1.29, 1.82) is 0 Å². The Hall–Kier alpha value is -2.60. The average Bonchev–Trinajstić information content (AvgIpc) is 2.92. The number of hydrogen-bond donors (Lipinski definition) is 3. The van der Waals surface area contributed by atoms with Gasteiger partial charge in [-0.15, -0.1) is 0 Å². The van der Waals surface area contributed by atoms with Gasteiger partial charge in [0.1, 0.15) is 22.6 Å². The van der Waals surface area contributed by atoms with Crippen molar-refractivity contribution >= 4 is 33.6 Å². The summed E-state index contributed by atoms with van der Waals surface area (Å²) < 4.78 is 34.6. The molecule has 1 fully saturated rings. The maximum Gasteiger partial charge on any atom is 0.404 e. The fourth-order valence-corrected chi connectivity index (χ4v) is 3.43. The van der Waals surface area contributed by atoms with Crippen molar-refractivity contribution in [3.63, 3.8) is 0 Å². The van der Waals surface area contributed by atoms with Gasteiger partial charge in [0.25, 0.3) is 5.91 Å². The van der Waals surface area contributed by atoms with Crippen LogP contribution in [0.3, 0.4) is 0 Å². The summed E-state index contributed by atoms with van der Waals surface area (Å²) in [5.74, 6) is -1.18. The van der Waals surface area contributed by atoms with Gasteiger partial charge >= 0.3 is 6.09 Å². The van der Waals surface area contributed by atoms with Crippen LogP contribution < -0.4 is 10.6 Å². The molecule has 0 radical (unpaired) electrons. The largest absolute Gasteiger partial charge is 0.465 e. The Labute approximate surface area is 172 Å². The molecule has 0 aliphatic carbocycles. The zero-order valence-electron chi connectivity index (χ0n) is 15.2. The fraction of sp³-hybridized carbons (Fsp3) is 0.412. The fourth-order valence-electron chi connectivity index (χ4n) is 3.11. The Morgan fingerprint density at radius 3 is 2.83 bits per heavy atom. The van der Waals surface area contributed by atoms with Crippen molar-refractivity contribution in [2.45, 2.75) is 31.2 Å². The second-order valence-electron chi connectivity index (χ2n) is 6.46. The van der Waals surface area contributed by atoms with Crippen LogP contribution in [0.1, 0.15) is 35.1 Å². The third-order valence-electron chi connectivity index (χ3n) is 4.52. The van der Waals surface area contributed by atoms with Crippen LogP contribution in [0.2, 0.25) is 0 Å². The topological polar surface area (TPSA) is 118 Å². The lowest BCUT2D eigenvalue weighted by Gasteiger charge is -2.17. The van der Waals surface area contributed by atoms with Gasteiger partial charge in [0, 0.05) is 7.05 Å². The molecule has 0 bridgehead atoms. The van der Waals surface area contributed by atoms with E-state index in [0.717, 1.165) is 6.07 Å². The number of carboxylic acid groups (broad SMARTS) is 1. The molecule has 12 heteroatoms. The van der Waals surface area contributed by atoms with E-state index < -0.39 is 36.1 Å². The number of amides is 2. The highest BCUT2D eigenvalue weighted by molar-refractivity contribution is 9.10. The molecule has 3 rings (SSSR count). The van der Waals surface area contributed by atoms with E-state index >= 15 is 0 Å². The molecule has 1 aliphatic rings. The quantitative estimate of drug-likeness (QED) is 0.587. The Morgan fingerprint density at radius 1 is 1.38 bits per heavy atom. The first kappa shape index (κ1) is 21.1. The van der Waals surface area contributed by atoms with E-state index in [1.807, 2.05) is 0 Å². The number of ether oxygens (including phenoxy) is 1. The number of pyridine rings is 1. The minimum atomic E-state index is -1.50. The summed E-state index contributed by atoms with van der Waals surface area (Å²) >= 11 is 2.93. The number of halogens is 3. The van der Waals surface area contributed by atoms with Crippen LogP contribution in [-0.4, -0.2) is 50.7 Å². The van der Waals surface area contributed by atoms with Crippen molar-refractivity contribution in [2.24, 2.45) is 7.05 Å². The van der Waals surface area contributed by atoms with Crippen molar-refractivity contribution in [3.8, 4) is 0 Å². The number of carbonyl (C=O) groups excluding carboxylic acids is 1. The molecule has 2 aromatic heterocycles. The molecule has 3 N–H and O–H groups in total. The third kappa shape index (κ3) is 4.88. The lowest BCUT2D eigenvalue weighted by atomic mass is 10.0. The van der Waals surface area contributed by atoms with Crippen molar-refractivity contribution in [3.05, 3.63) is 40.1 Å². The second kappa shape index (κ2) is 8.82. The first-order valence-electron chi connectivity index (χ1n) is 8.66. The number of carbonyl (C=O) groups is 2. The maximum atomic E-state index is 14.2. The van der Waals surface area contributed by atoms with Gasteiger partial charge in [-0.2, -0.15) is 5.10 Å². The molecule has 2 aromatic rings. The number of hydrogen-bond acceptors (Lipinski definition) is 5. The van der Waals surface area contributed by atoms with Crippen LogP contribution in [0.25, 0.3) is 0 Å². The number of alkyl halides is 1. The Kier molecular flexibility index (Phi) is 6.42. The number of nitrogens with one attached hydrogen (secondary N) is 2. The number of nitrogens with zero attached hydrogens (tertiary/aromatic N) is 3. The summed E-state index contributed by atoms with van der Waals surface area (Å²) in [6, 6.07) is 1.47. The lowest BCUT2D eigenvalue weighted by molar-refractivity contribution is 0.0233. The van der Waals surface area contributed by atoms with Crippen molar-refractivity contribution in [2.75, 3.05) is 11.9 Å². The van der Waals surface area contributed by atoms with E-state index in [1.54, 1.807) is 7.05 Å². The summed E-state index contributed by atoms with van der Waals surface area (Å²) in [4.78, 5) is 27.2. The minimum Gasteiger partial charge on any atom is -0.465 e. The van der Waals surface area contributed by atoms with Crippen LogP contribution in [0.5, 0.6) is 0 Å². The van der Waals surface area contributed by atoms with Crippen LogP contribution in [0, 0.1) is 5.82 Å². The standard InChI is InChI=1S/C17H18BrF2N5O4/c1-25-14(13-5-4-10(24-17(27)28)9(20)7-29-13)12(6-21-25)23-16(26)11-3-2-8(19)15(18)22-11/h2-3,6,9-10,13,24H,4-5,7H2,1H3,(H,23,26)(H,27,28)/t9-,10-,13+/m1/s1. The highest BCUT2D eigenvalue weighted by atomic mass is 79.9. The molecule has 0 spiro atoms. The number of rotatable bonds is 4. The predicted octanol–water partition coefficient (Wildman–Crippen LogP) is 2.79. The molecule has 3 heterocycles. The zero-order chi connectivity index (χ0) is 21.1. The van der Waals surface area contributed by atoms with E-state index in [1.165, 1.54) is 16.9 Å². The summed E-state index contributed by atoms with van der Waals surface area (Å²) in [6.07, 6.45) is -1.47. The number of anilines is 1. The monoisotopic (exact) mass is 473 g/mol. The Balaban J connectivity index is 1.78.